The maximum atomic E-state index is 11.5. The van der Waals surface area contributed by atoms with Crippen LogP contribution in [0.25, 0.3) is 0 Å². The lowest BCUT2D eigenvalue weighted by molar-refractivity contribution is 0.368. The summed E-state index contributed by atoms with van der Waals surface area (Å²) in [6.45, 7) is 4.52. The molecule has 0 saturated heterocycles. The standard InChI is InChI=1S/C14H21N3O3S/c1-3-17-21(18,19)11-9-16-12(2)13-4-6-14(7-5-13)20-10-8-15/h4-7,12,16-17H,3,9-11H2,1-2H3. The molecule has 0 amide bonds. The van der Waals surface area contributed by atoms with Crippen LogP contribution in [0.15, 0.2) is 24.3 Å². The molecule has 0 aliphatic rings. The van der Waals surface area contributed by atoms with Crippen molar-refractivity contribution in [1.82, 2.24) is 10.0 Å². The second kappa shape index (κ2) is 8.62. The highest BCUT2D eigenvalue weighted by Gasteiger charge is 2.10. The first kappa shape index (κ1) is 17.4. The van der Waals surface area contributed by atoms with Crippen molar-refractivity contribution in [2.75, 3.05) is 25.4 Å². The fourth-order valence-electron chi connectivity index (χ4n) is 1.79. The number of hydrogen-bond acceptors (Lipinski definition) is 5. The molecule has 21 heavy (non-hydrogen) atoms. The third-order valence-electron chi connectivity index (χ3n) is 2.87. The van der Waals surface area contributed by atoms with Gasteiger partial charge >= 0.3 is 0 Å². The molecule has 1 atom stereocenters. The number of nitriles is 1. The minimum Gasteiger partial charge on any atom is -0.479 e. The van der Waals surface area contributed by atoms with Crippen LogP contribution in [-0.2, 0) is 10.0 Å². The molecule has 1 aromatic carbocycles. The fourth-order valence-corrected chi connectivity index (χ4v) is 2.76. The Balaban J connectivity index is 2.45. The van der Waals surface area contributed by atoms with Crippen LogP contribution in [0.5, 0.6) is 5.75 Å². The van der Waals surface area contributed by atoms with Gasteiger partial charge in [0.1, 0.15) is 11.8 Å². The van der Waals surface area contributed by atoms with Crippen LogP contribution in [0.4, 0.5) is 0 Å². The quantitative estimate of drug-likeness (QED) is 0.714. The van der Waals surface area contributed by atoms with Gasteiger partial charge in [-0.25, -0.2) is 13.1 Å². The molecule has 1 rings (SSSR count). The Morgan fingerprint density at radius 2 is 2.00 bits per heavy atom. The van der Waals surface area contributed by atoms with Gasteiger partial charge in [0.15, 0.2) is 6.61 Å². The van der Waals surface area contributed by atoms with Crippen LogP contribution in [0.1, 0.15) is 25.5 Å². The van der Waals surface area contributed by atoms with Gasteiger partial charge in [0.2, 0.25) is 10.0 Å². The highest BCUT2D eigenvalue weighted by Crippen LogP contribution is 2.17. The van der Waals surface area contributed by atoms with Crippen LogP contribution in [-0.4, -0.2) is 33.9 Å². The van der Waals surface area contributed by atoms with Crippen LogP contribution < -0.4 is 14.8 Å². The van der Waals surface area contributed by atoms with E-state index >= 15 is 0 Å². The molecule has 7 heteroatoms. The maximum Gasteiger partial charge on any atom is 0.212 e. The zero-order chi connectivity index (χ0) is 15.7. The first-order valence-corrected chi connectivity index (χ1v) is 8.44. The largest absolute Gasteiger partial charge is 0.479 e. The van der Waals surface area contributed by atoms with E-state index < -0.39 is 10.0 Å². The van der Waals surface area contributed by atoms with E-state index in [2.05, 4.69) is 10.0 Å². The maximum absolute atomic E-state index is 11.5. The van der Waals surface area contributed by atoms with Gasteiger partial charge in [-0.1, -0.05) is 19.1 Å². The highest BCUT2D eigenvalue weighted by molar-refractivity contribution is 7.89. The SMILES string of the molecule is CCNS(=O)(=O)CCNC(C)c1ccc(OCC#N)cc1. The van der Waals surface area contributed by atoms with Crippen molar-refractivity contribution in [2.24, 2.45) is 0 Å². The number of hydrogen-bond donors (Lipinski definition) is 2. The topological polar surface area (TPSA) is 91.2 Å². The van der Waals surface area contributed by atoms with E-state index in [0.717, 1.165) is 5.56 Å². The summed E-state index contributed by atoms with van der Waals surface area (Å²) in [7, 11) is -3.19. The number of rotatable bonds is 9. The number of nitrogens with one attached hydrogen (secondary N) is 2. The molecule has 0 saturated carbocycles. The van der Waals surface area contributed by atoms with Crippen molar-refractivity contribution in [3.8, 4) is 11.8 Å². The van der Waals surface area contributed by atoms with Gasteiger partial charge in [0, 0.05) is 19.1 Å². The third kappa shape index (κ3) is 6.58. The summed E-state index contributed by atoms with van der Waals surface area (Å²) in [5.41, 5.74) is 1.03. The molecule has 0 fully saturated rings. The summed E-state index contributed by atoms with van der Waals surface area (Å²) >= 11 is 0. The molecule has 0 spiro atoms. The first-order valence-electron chi connectivity index (χ1n) is 6.79. The minimum absolute atomic E-state index is 0.0233. The van der Waals surface area contributed by atoms with Crippen molar-refractivity contribution in [2.45, 2.75) is 19.9 Å². The van der Waals surface area contributed by atoms with E-state index in [9.17, 15) is 8.42 Å². The smallest absolute Gasteiger partial charge is 0.212 e. The lowest BCUT2D eigenvalue weighted by atomic mass is 10.1. The van der Waals surface area contributed by atoms with Crippen molar-refractivity contribution in [1.29, 1.82) is 5.26 Å². The molecule has 0 aliphatic carbocycles. The second-order valence-electron chi connectivity index (χ2n) is 4.51. The fraction of sp³-hybridized carbons (Fsp3) is 0.500. The Morgan fingerprint density at radius 1 is 1.33 bits per heavy atom. The second-order valence-corrected chi connectivity index (χ2v) is 6.43. The molecular formula is C14H21N3O3S. The van der Waals surface area contributed by atoms with E-state index in [4.69, 9.17) is 10.00 Å². The lowest BCUT2D eigenvalue weighted by Gasteiger charge is -2.15. The van der Waals surface area contributed by atoms with Crippen molar-refractivity contribution < 1.29 is 13.2 Å². The zero-order valence-corrected chi connectivity index (χ0v) is 13.1. The van der Waals surface area contributed by atoms with Gasteiger partial charge in [-0.2, -0.15) is 5.26 Å². The number of ether oxygens (including phenoxy) is 1. The Labute approximate surface area is 126 Å². The number of sulfonamides is 1. The van der Waals surface area contributed by atoms with Gasteiger partial charge in [-0.3, -0.25) is 0 Å². The molecule has 1 unspecified atom stereocenters. The summed E-state index contributed by atoms with van der Waals surface area (Å²) in [6, 6.07) is 9.31. The molecule has 116 valence electrons. The number of nitrogens with zero attached hydrogens (tertiary/aromatic N) is 1. The highest BCUT2D eigenvalue weighted by atomic mass is 32.2. The first-order chi connectivity index (χ1) is 9.98. The summed E-state index contributed by atoms with van der Waals surface area (Å²) in [4.78, 5) is 0. The molecule has 1 aromatic rings. The zero-order valence-electron chi connectivity index (χ0n) is 12.3. The predicted octanol–water partition coefficient (Wildman–Crippen LogP) is 1.18. The lowest BCUT2D eigenvalue weighted by Crippen LogP contribution is -2.32. The molecule has 0 bridgehead atoms. The normalized spacial score (nSPS) is 12.6. The molecule has 0 heterocycles. The average molecular weight is 311 g/mol. The van der Waals surface area contributed by atoms with E-state index in [1.807, 2.05) is 25.1 Å². The Morgan fingerprint density at radius 3 is 2.57 bits per heavy atom. The van der Waals surface area contributed by atoms with Gasteiger partial charge < -0.3 is 10.1 Å². The summed E-state index contributed by atoms with van der Waals surface area (Å²) in [5, 5.41) is 11.6. The molecule has 2 N–H and O–H groups in total. The van der Waals surface area contributed by atoms with E-state index in [-0.39, 0.29) is 18.4 Å². The molecule has 0 aromatic heterocycles. The Bertz CT molecular complexity index is 564. The van der Waals surface area contributed by atoms with E-state index in [1.54, 1.807) is 19.1 Å². The third-order valence-corrected chi connectivity index (χ3v) is 4.34. The Kier molecular flexibility index (Phi) is 7.15. The van der Waals surface area contributed by atoms with Crippen molar-refractivity contribution in [3.05, 3.63) is 29.8 Å². The summed E-state index contributed by atoms with van der Waals surface area (Å²) < 4.78 is 30.6. The predicted molar refractivity (Wildman–Crippen MR) is 81.4 cm³/mol. The van der Waals surface area contributed by atoms with Gasteiger partial charge in [-0.05, 0) is 24.6 Å². The van der Waals surface area contributed by atoms with Crippen LogP contribution >= 0.6 is 0 Å². The van der Waals surface area contributed by atoms with Gasteiger partial charge in [-0.15, -0.1) is 0 Å². The van der Waals surface area contributed by atoms with Crippen molar-refractivity contribution >= 4 is 10.0 Å². The Hall–Kier alpha value is -1.62. The van der Waals surface area contributed by atoms with E-state index in [0.29, 0.717) is 18.8 Å². The average Bonchev–Trinajstić information content (AvgIpc) is 2.45. The molecule has 0 aliphatic heterocycles. The van der Waals surface area contributed by atoms with Gasteiger partial charge in [0.05, 0.1) is 5.75 Å². The number of benzene rings is 1. The van der Waals surface area contributed by atoms with Crippen LogP contribution in [0.3, 0.4) is 0 Å². The van der Waals surface area contributed by atoms with E-state index in [1.165, 1.54) is 0 Å². The molecule has 0 radical (unpaired) electrons. The van der Waals surface area contributed by atoms with Gasteiger partial charge in [0.25, 0.3) is 0 Å². The molecular weight excluding hydrogens is 290 g/mol. The minimum atomic E-state index is -3.19. The summed E-state index contributed by atoms with van der Waals surface area (Å²) in [6.07, 6.45) is 0. The van der Waals surface area contributed by atoms with Crippen molar-refractivity contribution in [3.63, 3.8) is 0 Å². The monoisotopic (exact) mass is 311 g/mol. The van der Waals surface area contributed by atoms with Crippen LogP contribution in [0.2, 0.25) is 0 Å². The van der Waals surface area contributed by atoms with Crippen LogP contribution in [0, 0.1) is 11.3 Å². The summed E-state index contributed by atoms with van der Waals surface area (Å²) in [5.74, 6) is 0.691. The molecule has 6 nitrogen and oxygen atoms in total.